The number of benzene rings is 1. The average Bonchev–Trinajstić information content (AvgIpc) is 3.31. The second-order valence-corrected chi connectivity index (χ2v) is 20.1. The van der Waals surface area contributed by atoms with Crippen molar-refractivity contribution in [2.24, 2.45) is 59.0 Å². The number of ether oxygens (including phenoxy) is 3. The Hall–Kier alpha value is -6.17. The number of aldehydes is 1. The fourth-order valence-corrected chi connectivity index (χ4v) is 6.32. The molecule has 1 rings (SSSR count). The van der Waals surface area contributed by atoms with Crippen molar-refractivity contribution in [2.75, 3.05) is 32.9 Å². The topological polar surface area (TPSA) is 360 Å². The first kappa shape index (κ1) is 83.2. The molecule has 0 saturated heterocycles. The third-order valence-corrected chi connectivity index (χ3v) is 9.82. The second-order valence-electron chi connectivity index (χ2n) is 20.1. The molecule has 1 aromatic rings. The van der Waals surface area contributed by atoms with Crippen molar-refractivity contribution >= 4 is 59.5 Å². The number of hydrogen-bond donors (Lipinski definition) is 5. The lowest BCUT2D eigenvalue weighted by atomic mass is 9.84. The number of allylic oxidation sites excluding steroid dienone is 1. The van der Waals surface area contributed by atoms with E-state index in [1.54, 1.807) is 45.0 Å². The molecule has 0 radical (unpaired) electrons. The van der Waals surface area contributed by atoms with E-state index in [4.69, 9.17) is 35.8 Å². The highest BCUT2D eigenvalue weighted by Gasteiger charge is 2.34. The van der Waals surface area contributed by atoms with Crippen LogP contribution in [0.3, 0.4) is 0 Å². The molecule has 0 aromatic heterocycles. The van der Waals surface area contributed by atoms with Gasteiger partial charge in [-0.15, -0.1) is 0 Å². The molecule has 0 saturated carbocycles. The minimum atomic E-state index is -1.52. The summed E-state index contributed by atoms with van der Waals surface area (Å²) in [6.45, 7) is 31.6. The number of ketones is 3. The zero-order chi connectivity index (χ0) is 62.1. The van der Waals surface area contributed by atoms with Gasteiger partial charge in [0.25, 0.3) is 0 Å². The molecule has 78 heavy (non-hydrogen) atoms. The molecule has 0 fully saturated rings. The molecule has 0 amide bonds. The Morgan fingerprint density at radius 2 is 1.14 bits per heavy atom. The maximum atomic E-state index is 11.6. The number of nitrogens with two attached hydrogens (primary N) is 1. The van der Waals surface area contributed by atoms with Crippen LogP contribution >= 0.6 is 0 Å². The molecule has 5 atom stereocenters. The summed E-state index contributed by atoms with van der Waals surface area (Å²) >= 11 is 0. The van der Waals surface area contributed by atoms with Gasteiger partial charge >= 0.3 is 29.8 Å². The smallest absolute Gasteiger partial charge is 0.341 e. The first-order valence-corrected chi connectivity index (χ1v) is 26.6. The van der Waals surface area contributed by atoms with Crippen molar-refractivity contribution in [3.8, 4) is 6.07 Å². The van der Waals surface area contributed by atoms with Gasteiger partial charge in [0.2, 0.25) is 0 Å². The fourth-order valence-electron chi connectivity index (χ4n) is 6.32. The lowest BCUT2D eigenvalue weighted by molar-refractivity contribution is -0.379. The van der Waals surface area contributed by atoms with E-state index in [1.807, 2.05) is 47.6 Å². The fraction of sp³-hybridized carbons (Fsp3) is 0.672. The Labute approximate surface area is 465 Å². The standard InChI is InChI=1S/C12H19NO3.C11H18O3.2C8H17NO2.C8H8O3.C6H10O3.C5H10O/c1-5-16-12(15)11(9(4)14)10(7-13)6-8(2)3;1-5-14-11(13)10(9(4)12)7-6-8(2)3;2*1-6(2)3-7(5-9)4-8(10)11;9-7(8(10)11)6-4-2-1-3-5-6;1-3-9-6(8)4-5(2)7;1-5(2)3-4-6/h8,10-11H,5-6H2,1-4H3;7-8H,5-6H2,1-4H3;2*6-7H,3-5,9H2,1-2H3,(H,10,11);1-5,7,9H,(H,10,11);3-4H2,1-2H3;4-5H,3H2,1-2H3/b;10-7+;;;;;/t;;7-;;7-;;/m..0.1../s1. The van der Waals surface area contributed by atoms with Crippen LogP contribution in [0.15, 0.2) is 42.0 Å². The molecule has 0 aliphatic heterocycles. The molecule has 0 spiro atoms. The SMILES string of the molecule is CC(C)CC(CN)CC(=O)O.CC(C)CC=O.CC(C)C[C@H](C[NH3+])CC(=O)O.CCOC(=O)/C(=C/CC(C)C)C(C)=O.CCOC(=O)C(C(C)=O)C(C#N)CC(C)C.CCOC(=O)CC(C)=O.O=C([O-])[C@H](O)c1ccccc1. The quantitative estimate of drug-likeness (QED) is 0.0145. The number of quaternary nitrogens is 1. The predicted molar refractivity (Wildman–Crippen MR) is 295 cm³/mol. The van der Waals surface area contributed by atoms with Crippen molar-refractivity contribution in [2.45, 2.75) is 168 Å². The summed E-state index contributed by atoms with van der Waals surface area (Å²) in [7, 11) is 0. The zero-order valence-electron chi connectivity index (χ0n) is 49.8. The molecule has 0 aliphatic carbocycles. The number of aliphatic hydroxyl groups excluding tert-OH is 1. The summed E-state index contributed by atoms with van der Waals surface area (Å²) < 4.78 is 14.1. The summed E-state index contributed by atoms with van der Waals surface area (Å²) in [6.07, 6.45) is 5.27. The Balaban J connectivity index is -0.000000197. The maximum Gasteiger partial charge on any atom is 0.341 e. The Morgan fingerprint density at radius 3 is 1.45 bits per heavy atom. The maximum absolute atomic E-state index is 11.6. The van der Waals surface area contributed by atoms with Crippen molar-refractivity contribution in [1.29, 1.82) is 5.26 Å². The number of rotatable bonds is 28. The van der Waals surface area contributed by atoms with E-state index >= 15 is 0 Å². The van der Waals surface area contributed by atoms with E-state index in [9.17, 15) is 53.1 Å². The number of carbonyl (C=O) groups is 10. The number of nitriles is 1. The molecular formula is C58H99N3O17. The summed E-state index contributed by atoms with van der Waals surface area (Å²) in [5, 5.41) is 45.0. The van der Waals surface area contributed by atoms with Crippen LogP contribution in [0.5, 0.6) is 0 Å². The van der Waals surface area contributed by atoms with Gasteiger partial charge < -0.3 is 55.7 Å². The van der Waals surface area contributed by atoms with Gasteiger partial charge in [-0.1, -0.05) is 106 Å². The van der Waals surface area contributed by atoms with Gasteiger partial charge in [-0.3, -0.25) is 33.6 Å². The van der Waals surface area contributed by atoms with Gasteiger partial charge in [-0.05, 0) is 115 Å². The monoisotopic (exact) mass is 1110 g/mol. The first-order chi connectivity index (χ1) is 36.2. The van der Waals surface area contributed by atoms with Crippen LogP contribution < -0.4 is 16.6 Å². The van der Waals surface area contributed by atoms with Crippen molar-refractivity contribution in [3.05, 3.63) is 47.5 Å². The van der Waals surface area contributed by atoms with Crippen LogP contribution in [0.25, 0.3) is 0 Å². The summed E-state index contributed by atoms with van der Waals surface area (Å²) in [4.78, 5) is 106. The molecule has 20 nitrogen and oxygen atoms in total. The highest BCUT2D eigenvalue weighted by Crippen LogP contribution is 2.22. The van der Waals surface area contributed by atoms with Crippen LogP contribution in [-0.2, 0) is 62.2 Å². The van der Waals surface area contributed by atoms with Crippen LogP contribution in [0.2, 0.25) is 0 Å². The Bertz CT molecular complexity index is 1880. The Kier molecular flexibility index (Phi) is 56.4. The van der Waals surface area contributed by atoms with E-state index in [-0.39, 0.29) is 66.5 Å². The summed E-state index contributed by atoms with van der Waals surface area (Å²) in [5.41, 5.74) is 9.64. The number of Topliss-reactive ketones (excluding diaryl/α,β-unsaturated/α-hetero) is 3. The van der Waals surface area contributed by atoms with Gasteiger partial charge in [-0.25, -0.2) is 4.79 Å². The van der Waals surface area contributed by atoms with Gasteiger partial charge in [0.15, 0.2) is 5.78 Å². The van der Waals surface area contributed by atoms with E-state index in [0.717, 1.165) is 25.7 Å². The highest BCUT2D eigenvalue weighted by atomic mass is 16.5. The van der Waals surface area contributed by atoms with E-state index < -0.39 is 53.8 Å². The van der Waals surface area contributed by atoms with E-state index in [0.29, 0.717) is 68.3 Å². The molecule has 8 N–H and O–H groups in total. The number of esters is 3. The lowest BCUT2D eigenvalue weighted by Crippen LogP contribution is -2.54. The number of aliphatic carboxylic acids is 3. The number of carboxylic acids is 3. The van der Waals surface area contributed by atoms with Gasteiger partial charge in [0.05, 0.1) is 56.3 Å². The average molecular weight is 1110 g/mol. The summed E-state index contributed by atoms with van der Waals surface area (Å²) in [6, 6.07) is 10.1. The van der Waals surface area contributed by atoms with Gasteiger partial charge in [0, 0.05) is 18.8 Å². The van der Waals surface area contributed by atoms with E-state index in [2.05, 4.69) is 38.2 Å². The second kappa shape index (κ2) is 52.9. The molecule has 20 heteroatoms. The van der Waals surface area contributed by atoms with Crippen LogP contribution in [0.4, 0.5) is 0 Å². The summed E-state index contributed by atoms with van der Waals surface area (Å²) in [5.74, 6) is -3.96. The molecule has 0 bridgehead atoms. The van der Waals surface area contributed by atoms with Crippen LogP contribution in [0, 0.1) is 64.6 Å². The number of carboxylic acid groups (broad SMARTS) is 3. The van der Waals surface area contributed by atoms with E-state index in [1.165, 1.54) is 32.9 Å². The van der Waals surface area contributed by atoms with Crippen molar-refractivity contribution < 1.29 is 88.3 Å². The number of nitrogens with zero attached hydrogens (tertiary/aromatic N) is 1. The number of carbonyl (C=O) groups excluding carboxylic acids is 8. The zero-order valence-corrected chi connectivity index (χ0v) is 49.8. The van der Waals surface area contributed by atoms with Crippen molar-refractivity contribution in [1.82, 2.24) is 0 Å². The molecule has 1 aromatic carbocycles. The number of aliphatic hydroxyl groups is 1. The third-order valence-electron chi connectivity index (χ3n) is 9.82. The first-order valence-electron chi connectivity index (χ1n) is 26.6. The lowest BCUT2D eigenvalue weighted by Gasteiger charge is -2.19. The normalized spacial score (nSPS) is 12.2. The molecule has 448 valence electrons. The molecule has 3 unspecified atom stereocenters. The largest absolute Gasteiger partial charge is 0.547 e. The third kappa shape index (κ3) is 56.0. The van der Waals surface area contributed by atoms with Crippen LogP contribution in [0.1, 0.15) is 174 Å². The van der Waals surface area contributed by atoms with Crippen LogP contribution in [-0.4, -0.2) is 108 Å². The molecule has 0 heterocycles. The minimum absolute atomic E-state index is 0.103. The Morgan fingerprint density at radius 1 is 0.692 bits per heavy atom. The van der Waals surface area contributed by atoms with Gasteiger partial charge in [0.1, 0.15) is 36.3 Å². The van der Waals surface area contributed by atoms with Gasteiger partial charge in [-0.2, -0.15) is 5.26 Å². The highest BCUT2D eigenvalue weighted by molar-refractivity contribution is 6.16. The predicted octanol–water partition coefficient (Wildman–Crippen LogP) is 6.73. The van der Waals surface area contributed by atoms with Crippen molar-refractivity contribution in [3.63, 3.8) is 0 Å². The minimum Gasteiger partial charge on any atom is -0.547 e. The molecule has 0 aliphatic rings. The number of hydrogen-bond acceptors (Lipinski definition) is 17. The molecular weight excluding hydrogens is 1010 g/mol.